The summed E-state index contributed by atoms with van der Waals surface area (Å²) in [5.41, 5.74) is 3.08. The zero-order chi connectivity index (χ0) is 16.3. The van der Waals surface area contributed by atoms with Gasteiger partial charge in [0.1, 0.15) is 10.7 Å². The average Bonchev–Trinajstić information content (AvgIpc) is 2.86. The van der Waals surface area contributed by atoms with E-state index in [9.17, 15) is 0 Å². The van der Waals surface area contributed by atoms with Crippen LogP contribution in [0.4, 0.5) is 0 Å². The van der Waals surface area contributed by atoms with Gasteiger partial charge in [0.25, 0.3) is 0 Å². The number of aromatic nitrogens is 3. The van der Waals surface area contributed by atoms with E-state index in [-0.39, 0.29) is 5.28 Å². The van der Waals surface area contributed by atoms with Crippen molar-refractivity contribution in [3.63, 3.8) is 0 Å². The van der Waals surface area contributed by atoms with E-state index in [1.807, 2.05) is 6.92 Å². The summed E-state index contributed by atoms with van der Waals surface area (Å²) in [7, 11) is 0. The number of nitrogens with zero attached hydrogens (tertiary/aromatic N) is 3. The summed E-state index contributed by atoms with van der Waals surface area (Å²) in [6, 6.07) is 1.77. The maximum Gasteiger partial charge on any atom is 0.222 e. The van der Waals surface area contributed by atoms with Gasteiger partial charge < -0.3 is 0 Å². The maximum absolute atomic E-state index is 5.82. The second-order valence-electron chi connectivity index (χ2n) is 4.43. The van der Waals surface area contributed by atoms with Crippen LogP contribution in [0, 0.1) is 6.92 Å². The molecule has 0 N–H and O–H groups in total. The largest absolute Gasteiger partial charge is 0.239 e. The predicted molar refractivity (Wildman–Crippen MR) is 95.2 cm³/mol. The van der Waals surface area contributed by atoms with Gasteiger partial charge in [-0.1, -0.05) is 37.4 Å². The van der Waals surface area contributed by atoms with Gasteiger partial charge in [0.05, 0.1) is 10.6 Å². The fraction of sp³-hybridized carbons (Fsp3) is 0.0625. The number of hydrogen-bond donors (Lipinski definition) is 0. The molecule has 22 heavy (non-hydrogen) atoms. The van der Waals surface area contributed by atoms with Crippen molar-refractivity contribution in [2.75, 3.05) is 0 Å². The summed E-state index contributed by atoms with van der Waals surface area (Å²) in [6.45, 7) is 13.6. The van der Waals surface area contributed by atoms with Crippen LogP contribution in [-0.4, -0.2) is 15.0 Å². The minimum atomic E-state index is 0.193. The van der Waals surface area contributed by atoms with E-state index in [4.69, 9.17) is 23.2 Å². The van der Waals surface area contributed by atoms with Crippen molar-refractivity contribution in [3.05, 3.63) is 70.6 Å². The van der Waals surface area contributed by atoms with Crippen LogP contribution < -0.4 is 0 Å². The fourth-order valence-corrected chi connectivity index (χ4v) is 2.93. The molecule has 0 spiro atoms. The van der Waals surface area contributed by atoms with Gasteiger partial charge in [-0.25, -0.2) is 15.0 Å². The van der Waals surface area contributed by atoms with Crippen molar-refractivity contribution < 1.29 is 0 Å². The first-order valence-electron chi connectivity index (χ1n) is 6.26. The lowest BCUT2D eigenvalue weighted by atomic mass is 10.1. The number of hydrogen-bond acceptors (Lipinski definition) is 4. The summed E-state index contributed by atoms with van der Waals surface area (Å²) >= 11 is 13.0. The Morgan fingerprint density at radius 2 is 1.95 bits per heavy atom. The van der Waals surface area contributed by atoms with Gasteiger partial charge in [-0.2, -0.15) is 0 Å². The summed E-state index contributed by atoms with van der Waals surface area (Å²) in [6.07, 6.45) is 5.05. The van der Waals surface area contributed by atoms with E-state index >= 15 is 0 Å². The molecule has 0 atom stereocenters. The lowest BCUT2D eigenvalue weighted by Gasteiger charge is -2.03. The number of allylic oxidation sites excluding steroid dienone is 5. The second kappa shape index (κ2) is 7.01. The molecule has 3 nitrogen and oxygen atoms in total. The first-order valence-corrected chi connectivity index (χ1v) is 7.83. The van der Waals surface area contributed by atoms with Crippen LogP contribution in [0.2, 0.25) is 5.28 Å². The van der Waals surface area contributed by atoms with Crippen LogP contribution >= 0.6 is 34.5 Å². The minimum absolute atomic E-state index is 0.193. The molecule has 0 radical (unpaired) electrons. The van der Waals surface area contributed by atoms with Crippen LogP contribution in [0.25, 0.3) is 16.3 Å². The zero-order valence-corrected chi connectivity index (χ0v) is 14.3. The Morgan fingerprint density at radius 1 is 1.23 bits per heavy atom. The molecule has 0 bridgehead atoms. The molecular formula is C16H13Cl2N3S. The summed E-state index contributed by atoms with van der Waals surface area (Å²) < 4.78 is 0. The molecule has 0 unspecified atom stereocenters. The van der Waals surface area contributed by atoms with Crippen LogP contribution in [0.3, 0.4) is 0 Å². The van der Waals surface area contributed by atoms with Crippen LogP contribution in [0.5, 0.6) is 0 Å². The van der Waals surface area contributed by atoms with Gasteiger partial charge in [-0.05, 0) is 41.8 Å². The van der Waals surface area contributed by atoms with Crippen molar-refractivity contribution in [2.24, 2.45) is 0 Å². The summed E-state index contributed by atoms with van der Waals surface area (Å²) in [4.78, 5) is 13.5. The Bertz CT molecular complexity index is 790. The fourth-order valence-electron chi connectivity index (χ4n) is 1.68. The van der Waals surface area contributed by atoms with E-state index < -0.39 is 0 Å². The third-order valence-electron chi connectivity index (χ3n) is 2.77. The van der Waals surface area contributed by atoms with Gasteiger partial charge in [-0.15, -0.1) is 11.3 Å². The molecule has 2 aromatic rings. The normalized spacial score (nSPS) is 10.9. The number of aryl methyl sites for hydroxylation is 1. The third kappa shape index (κ3) is 3.91. The molecule has 0 saturated carbocycles. The zero-order valence-electron chi connectivity index (χ0n) is 11.9. The lowest BCUT2D eigenvalue weighted by molar-refractivity contribution is 1.15. The molecule has 0 fully saturated rings. The molecule has 6 heteroatoms. The van der Waals surface area contributed by atoms with Gasteiger partial charge in [0.2, 0.25) is 5.28 Å². The Balaban J connectivity index is 2.32. The molecule has 0 aliphatic carbocycles. The predicted octanol–water partition coefficient (Wildman–Crippen LogP) is 5.44. The highest BCUT2D eigenvalue weighted by atomic mass is 35.5. The number of rotatable bonds is 5. The van der Waals surface area contributed by atoms with E-state index in [0.717, 1.165) is 26.7 Å². The molecule has 0 aliphatic rings. The van der Waals surface area contributed by atoms with E-state index in [2.05, 4.69) is 34.7 Å². The highest BCUT2D eigenvalue weighted by Gasteiger charge is 2.14. The summed E-state index contributed by atoms with van der Waals surface area (Å²) in [5.74, 6) is 0. The Morgan fingerprint density at radius 3 is 2.59 bits per heavy atom. The summed E-state index contributed by atoms with van der Waals surface area (Å²) in [5, 5.41) is 1.39. The average molecular weight is 350 g/mol. The van der Waals surface area contributed by atoms with Gasteiger partial charge >= 0.3 is 0 Å². The van der Waals surface area contributed by atoms with Crippen molar-refractivity contribution in [1.29, 1.82) is 0 Å². The molecule has 0 amide bonds. The second-order valence-corrected chi connectivity index (χ2v) is 6.25. The lowest BCUT2D eigenvalue weighted by Crippen LogP contribution is -1.86. The first-order chi connectivity index (χ1) is 10.4. The van der Waals surface area contributed by atoms with E-state index in [1.165, 1.54) is 11.3 Å². The molecule has 0 saturated heterocycles. The molecular weight excluding hydrogens is 337 g/mol. The van der Waals surface area contributed by atoms with Crippen molar-refractivity contribution in [1.82, 2.24) is 15.0 Å². The van der Waals surface area contributed by atoms with Crippen LogP contribution in [0.1, 0.15) is 10.6 Å². The van der Waals surface area contributed by atoms with Gasteiger partial charge in [0, 0.05) is 11.2 Å². The van der Waals surface area contributed by atoms with Crippen molar-refractivity contribution in [3.8, 4) is 10.7 Å². The quantitative estimate of drug-likeness (QED) is 0.532. The molecule has 0 aromatic carbocycles. The van der Waals surface area contributed by atoms with Crippen molar-refractivity contribution >= 4 is 40.1 Å². The Hall–Kier alpha value is -1.75. The molecule has 2 heterocycles. The number of halogens is 2. The van der Waals surface area contributed by atoms with Crippen molar-refractivity contribution in [2.45, 2.75) is 6.92 Å². The standard InChI is InChI=1S/C16H13Cl2N3S/c1-9(5-6-10(2)17)11(3)14-12(4)20-15(22-14)13-7-8-19-16(18)21-13/h5-8H,1-3H2,4H3. The molecule has 2 aromatic heterocycles. The SMILES string of the molecule is C=C(Cl)C=CC(=C)C(=C)c1sc(-c2ccnc(Cl)n2)nc1C. The Labute approximate surface area is 143 Å². The topological polar surface area (TPSA) is 38.7 Å². The van der Waals surface area contributed by atoms with Crippen LogP contribution in [0.15, 0.2) is 54.8 Å². The van der Waals surface area contributed by atoms with E-state index in [0.29, 0.717) is 10.7 Å². The molecule has 2 rings (SSSR count). The number of thiazole rings is 1. The first kappa shape index (κ1) is 16.6. The Kier molecular flexibility index (Phi) is 5.29. The minimum Gasteiger partial charge on any atom is -0.239 e. The van der Waals surface area contributed by atoms with Gasteiger partial charge in [0.15, 0.2) is 0 Å². The maximum atomic E-state index is 5.82. The highest BCUT2D eigenvalue weighted by molar-refractivity contribution is 7.16. The van der Waals surface area contributed by atoms with E-state index in [1.54, 1.807) is 24.4 Å². The van der Waals surface area contributed by atoms with Crippen LogP contribution in [-0.2, 0) is 0 Å². The third-order valence-corrected chi connectivity index (χ3v) is 4.32. The molecule has 0 aliphatic heterocycles. The smallest absolute Gasteiger partial charge is 0.222 e. The highest BCUT2D eigenvalue weighted by Crippen LogP contribution is 2.34. The monoisotopic (exact) mass is 349 g/mol. The van der Waals surface area contributed by atoms with Gasteiger partial charge in [-0.3, -0.25) is 0 Å². The molecule has 112 valence electrons.